The highest BCUT2D eigenvalue weighted by atomic mass is 16.1. The van der Waals surface area contributed by atoms with Gasteiger partial charge in [-0.25, -0.2) is 0 Å². The molecule has 0 spiro atoms. The number of ketones is 2. The first kappa shape index (κ1) is 14.9. The standard InChI is InChI=1S/C21H12N2O2/c22-12-13-10-11-17-18(19(13)23-14-6-2-1-3-7-14)21(25)16-9-5-4-8-15(16)20(17)24/h1-11,23H. The van der Waals surface area contributed by atoms with E-state index in [1.54, 1.807) is 36.4 Å². The predicted molar refractivity (Wildman–Crippen MR) is 94.2 cm³/mol. The van der Waals surface area contributed by atoms with Crippen molar-refractivity contribution in [3.05, 3.63) is 94.5 Å². The van der Waals surface area contributed by atoms with Gasteiger partial charge in [-0.1, -0.05) is 42.5 Å². The van der Waals surface area contributed by atoms with Crippen molar-refractivity contribution in [2.75, 3.05) is 5.32 Å². The Balaban J connectivity index is 1.96. The molecule has 0 amide bonds. The Morgan fingerprint density at radius 2 is 1.36 bits per heavy atom. The van der Waals surface area contributed by atoms with E-state index in [0.29, 0.717) is 27.9 Å². The maximum atomic E-state index is 13.0. The zero-order valence-corrected chi connectivity index (χ0v) is 13.1. The van der Waals surface area contributed by atoms with Crippen molar-refractivity contribution in [3.63, 3.8) is 0 Å². The third-order valence-electron chi connectivity index (χ3n) is 4.26. The molecule has 0 saturated heterocycles. The van der Waals surface area contributed by atoms with E-state index in [1.165, 1.54) is 0 Å². The minimum Gasteiger partial charge on any atom is -0.354 e. The van der Waals surface area contributed by atoms with Gasteiger partial charge < -0.3 is 5.32 Å². The molecular formula is C21H12N2O2. The molecule has 25 heavy (non-hydrogen) atoms. The smallest absolute Gasteiger partial charge is 0.196 e. The molecule has 0 atom stereocenters. The monoisotopic (exact) mass is 324 g/mol. The van der Waals surface area contributed by atoms with Crippen LogP contribution in [-0.4, -0.2) is 11.6 Å². The van der Waals surface area contributed by atoms with Crippen LogP contribution in [0.4, 0.5) is 11.4 Å². The van der Waals surface area contributed by atoms with Gasteiger partial charge in [-0.2, -0.15) is 5.26 Å². The minimum absolute atomic E-state index is 0.203. The average Bonchev–Trinajstić information content (AvgIpc) is 2.66. The van der Waals surface area contributed by atoms with Gasteiger partial charge in [-0.15, -0.1) is 0 Å². The Hall–Kier alpha value is -3.71. The molecule has 0 unspecified atom stereocenters. The van der Waals surface area contributed by atoms with Gasteiger partial charge in [-0.05, 0) is 24.3 Å². The summed E-state index contributed by atoms with van der Waals surface area (Å²) in [6, 6.07) is 21.2. The topological polar surface area (TPSA) is 70.0 Å². The lowest BCUT2D eigenvalue weighted by Crippen LogP contribution is -2.22. The number of carbonyl (C=O) groups is 2. The molecule has 3 aromatic rings. The van der Waals surface area contributed by atoms with E-state index in [0.717, 1.165) is 5.69 Å². The van der Waals surface area contributed by atoms with Crippen LogP contribution in [0, 0.1) is 11.3 Å². The van der Waals surface area contributed by atoms with Gasteiger partial charge in [0, 0.05) is 22.4 Å². The van der Waals surface area contributed by atoms with Gasteiger partial charge in [-0.3, -0.25) is 9.59 Å². The molecule has 0 aliphatic heterocycles. The highest BCUT2D eigenvalue weighted by Crippen LogP contribution is 2.35. The van der Waals surface area contributed by atoms with E-state index in [9.17, 15) is 14.9 Å². The maximum Gasteiger partial charge on any atom is 0.196 e. The largest absolute Gasteiger partial charge is 0.354 e. The van der Waals surface area contributed by atoms with E-state index in [2.05, 4.69) is 11.4 Å². The third kappa shape index (κ3) is 2.30. The molecule has 3 aromatic carbocycles. The first-order valence-electron chi connectivity index (χ1n) is 7.78. The molecule has 0 heterocycles. The van der Waals surface area contributed by atoms with Gasteiger partial charge in [0.15, 0.2) is 11.6 Å². The first-order chi connectivity index (χ1) is 12.2. The Morgan fingerprint density at radius 1 is 0.720 bits per heavy atom. The summed E-state index contributed by atoms with van der Waals surface area (Å²) in [5.41, 5.74) is 2.78. The molecule has 4 heteroatoms. The molecule has 118 valence electrons. The highest BCUT2D eigenvalue weighted by Gasteiger charge is 2.32. The van der Waals surface area contributed by atoms with Crippen LogP contribution in [0.1, 0.15) is 37.4 Å². The molecule has 0 saturated carbocycles. The summed E-state index contributed by atoms with van der Waals surface area (Å²) in [5, 5.41) is 12.6. The Morgan fingerprint density at radius 3 is 2.04 bits per heavy atom. The number of rotatable bonds is 2. The van der Waals surface area contributed by atoms with E-state index in [-0.39, 0.29) is 17.1 Å². The summed E-state index contributed by atoms with van der Waals surface area (Å²) in [5.74, 6) is -0.452. The number of benzene rings is 3. The molecule has 1 aliphatic carbocycles. The van der Waals surface area contributed by atoms with Gasteiger partial charge in [0.05, 0.1) is 16.8 Å². The van der Waals surface area contributed by atoms with Crippen LogP contribution < -0.4 is 5.32 Å². The summed E-state index contributed by atoms with van der Waals surface area (Å²) in [6.45, 7) is 0. The van der Waals surface area contributed by atoms with Crippen molar-refractivity contribution < 1.29 is 9.59 Å². The third-order valence-corrected chi connectivity index (χ3v) is 4.26. The van der Waals surface area contributed by atoms with Crippen LogP contribution in [0.15, 0.2) is 66.7 Å². The van der Waals surface area contributed by atoms with Crippen LogP contribution in [0.5, 0.6) is 0 Å². The Bertz CT molecular complexity index is 1060. The lowest BCUT2D eigenvalue weighted by Gasteiger charge is -2.21. The normalized spacial score (nSPS) is 12.1. The number of nitriles is 1. The van der Waals surface area contributed by atoms with Crippen molar-refractivity contribution in [2.45, 2.75) is 0 Å². The molecule has 4 nitrogen and oxygen atoms in total. The van der Waals surface area contributed by atoms with Crippen LogP contribution in [0.3, 0.4) is 0 Å². The van der Waals surface area contributed by atoms with Gasteiger partial charge in [0.25, 0.3) is 0 Å². The number of fused-ring (bicyclic) bond motifs is 2. The lowest BCUT2D eigenvalue weighted by molar-refractivity contribution is 0.0979. The number of carbonyl (C=O) groups excluding carboxylic acids is 2. The summed E-state index contributed by atoms with van der Waals surface area (Å²) in [4.78, 5) is 25.8. The van der Waals surface area contributed by atoms with Crippen molar-refractivity contribution in [1.29, 1.82) is 5.26 Å². The molecule has 0 bridgehead atoms. The van der Waals surface area contributed by atoms with Crippen molar-refractivity contribution in [3.8, 4) is 6.07 Å². The van der Waals surface area contributed by atoms with E-state index < -0.39 is 0 Å². The van der Waals surface area contributed by atoms with Gasteiger partial charge in [0.1, 0.15) is 6.07 Å². The molecule has 0 fully saturated rings. The highest BCUT2D eigenvalue weighted by molar-refractivity contribution is 6.30. The number of nitrogens with one attached hydrogen (secondary N) is 1. The van der Waals surface area contributed by atoms with Gasteiger partial charge >= 0.3 is 0 Å². The summed E-state index contributed by atoms with van der Waals surface area (Å²) in [6.07, 6.45) is 0. The van der Waals surface area contributed by atoms with Gasteiger partial charge in [0.2, 0.25) is 0 Å². The second kappa shape index (κ2) is 5.73. The Labute approximate surface area is 144 Å². The quantitative estimate of drug-likeness (QED) is 0.603. The molecule has 0 aromatic heterocycles. The fourth-order valence-corrected chi connectivity index (χ4v) is 3.08. The summed E-state index contributed by atoms with van der Waals surface area (Å²) < 4.78 is 0. The number of anilines is 2. The number of hydrogen-bond acceptors (Lipinski definition) is 4. The van der Waals surface area contributed by atoms with Crippen LogP contribution >= 0.6 is 0 Å². The number of hydrogen-bond donors (Lipinski definition) is 1. The van der Waals surface area contributed by atoms with Crippen LogP contribution in [0.25, 0.3) is 0 Å². The fraction of sp³-hybridized carbons (Fsp3) is 0. The minimum atomic E-state index is -0.249. The zero-order valence-electron chi connectivity index (χ0n) is 13.1. The number of para-hydroxylation sites is 1. The fourth-order valence-electron chi connectivity index (χ4n) is 3.08. The van der Waals surface area contributed by atoms with Crippen molar-refractivity contribution in [1.82, 2.24) is 0 Å². The van der Waals surface area contributed by atoms with Crippen molar-refractivity contribution >= 4 is 22.9 Å². The molecule has 1 N–H and O–H groups in total. The molecule has 1 aliphatic rings. The first-order valence-corrected chi connectivity index (χ1v) is 7.78. The maximum absolute atomic E-state index is 13.0. The van der Waals surface area contributed by atoms with E-state index in [1.807, 2.05) is 30.3 Å². The lowest BCUT2D eigenvalue weighted by atomic mass is 9.82. The Kier molecular flexibility index (Phi) is 3.41. The van der Waals surface area contributed by atoms with Crippen LogP contribution in [0.2, 0.25) is 0 Å². The molecular weight excluding hydrogens is 312 g/mol. The van der Waals surface area contributed by atoms with Crippen molar-refractivity contribution in [2.24, 2.45) is 0 Å². The second-order valence-electron chi connectivity index (χ2n) is 5.72. The SMILES string of the molecule is N#Cc1ccc2c(c1Nc1ccccc1)C(=O)c1ccccc1C2=O. The van der Waals surface area contributed by atoms with Crippen LogP contribution in [-0.2, 0) is 0 Å². The summed E-state index contributed by atoms with van der Waals surface area (Å²) >= 11 is 0. The molecule has 0 radical (unpaired) electrons. The van der Waals surface area contributed by atoms with E-state index >= 15 is 0 Å². The average molecular weight is 324 g/mol. The zero-order chi connectivity index (χ0) is 17.4. The predicted octanol–water partition coefficient (Wildman–Crippen LogP) is 4.08. The number of nitrogens with zero attached hydrogens (tertiary/aromatic N) is 1. The van der Waals surface area contributed by atoms with E-state index in [4.69, 9.17) is 0 Å². The second-order valence-corrected chi connectivity index (χ2v) is 5.72. The summed E-state index contributed by atoms with van der Waals surface area (Å²) in [7, 11) is 0. The molecule has 4 rings (SSSR count).